The van der Waals surface area contributed by atoms with Crippen LogP contribution in [0.5, 0.6) is 0 Å². The van der Waals surface area contributed by atoms with Crippen LogP contribution < -0.4 is 5.73 Å². The molecule has 3 rings (SSSR count). The smallest absolute Gasteiger partial charge is 0.113 e. The lowest BCUT2D eigenvalue weighted by Crippen LogP contribution is -2.40. The Morgan fingerprint density at radius 2 is 2.05 bits per heavy atom. The predicted molar refractivity (Wildman–Crippen MR) is 90.7 cm³/mol. The van der Waals surface area contributed by atoms with E-state index in [1.54, 1.807) is 11.3 Å². The average Bonchev–Trinajstić information content (AvgIpc) is 2.99. The molecule has 0 bridgehead atoms. The van der Waals surface area contributed by atoms with Gasteiger partial charge < -0.3 is 5.73 Å². The van der Waals surface area contributed by atoms with Crippen molar-refractivity contribution in [1.29, 1.82) is 0 Å². The highest BCUT2D eigenvalue weighted by atomic mass is 35.5. The van der Waals surface area contributed by atoms with Gasteiger partial charge in [0.1, 0.15) is 5.01 Å². The summed E-state index contributed by atoms with van der Waals surface area (Å²) in [6.07, 6.45) is 5.78. The number of aromatic nitrogens is 1. The lowest BCUT2D eigenvalue weighted by molar-refractivity contribution is 0.231. The van der Waals surface area contributed by atoms with Gasteiger partial charge in [0.15, 0.2) is 0 Å². The molecular weight excluding hydrogens is 300 g/mol. The van der Waals surface area contributed by atoms with Gasteiger partial charge in [0, 0.05) is 16.0 Å². The Kier molecular flexibility index (Phi) is 4.34. The van der Waals surface area contributed by atoms with Crippen molar-refractivity contribution in [2.75, 3.05) is 0 Å². The molecule has 1 aliphatic rings. The van der Waals surface area contributed by atoms with Gasteiger partial charge in [-0.3, -0.25) is 0 Å². The zero-order chi connectivity index (χ0) is 14.9. The van der Waals surface area contributed by atoms with E-state index in [-0.39, 0.29) is 5.54 Å². The van der Waals surface area contributed by atoms with E-state index in [0.717, 1.165) is 40.0 Å². The van der Waals surface area contributed by atoms with E-state index in [1.165, 1.54) is 19.3 Å². The van der Waals surface area contributed by atoms with Crippen molar-refractivity contribution < 1.29 is 0 Å². The number of nitrogens with zero attached hydrogens (tertiary/aromatic N) is 1. The maximum absolute atomic E-state index is 6.64. The van der Waals surface area contributed by atoms with E-state index in [0.29, 0.717) is 0 Å². The number of hydrogen-bond donors (Lipinski definition) is 1. The number of halogens is 1. The lowest BCUT2D eigenvalue weighted by Gasteiger charge is -2.35. The minimum Gasteiger partial charge on any atom is -0.319 e. The molecular formula is C17H21ClN2S. The van der Waals surface area contributed by atoms with Gasteiger partial charge in [0.05, 0.1) is 11.2 Å². The van der Waals surface area contributed by atoms with Crippen molar-refractivity contribution in [3.63, 3.8) is 0 Å². The summed E-state index contributed by atoms with van der Waals surface area (Å²) in [6, 6.07) is 7.85. The second-order valence-corrected chi connectivity index (χ2v) is 7.29. The summed E-state index contributed by atoms with van der Waals surface area (Å²) in [5, 5.41) is 3.89. The Bertz CT molecular complexity index is 615. The Balaban J connectivity index is 1.84. The molecule has 1 aliphatic carbocycles. The molecule has 1 saturated carbocycles. The fourth-order valence-corrected chi connectivity index (χ4v) is 4.34. The highest BCUT2D eigenvalue weighted by Crippen LogP contribution is 2.41. The Morgan fingerprint density at radius 1 is 1.33 bits per heavy atom. The number of benzene rings is 1. The molecule has 0 aliphatic heterocycles. The first-order valence-corrected chi connectivity index (χ1v) is 8.88. The van der Waals surface area contributed by atoms with Gasteiger partial charge in [-0.15, -0.1) is 11.3 Å². The van der Waals surface area contributed by atoms with Gasteiger partial charge in [-0.2, -0.15) is 0 Å². The van der Waals surface area contributed by atoms with Crippen LogP contribution in [0.15, 0.2) is 29.6 Å². The van der Waals surface area contributed by atoms with Crippen LogP contribution in [0.4, 0.5) is 0 Å². The molecule has 0 atom stereocenters. The summed E-state index contributed by atoms with van der Waals surface area (Å²) in [7, 11) is 0. The minimum absolute atomic E-state index is 0.240. The minimum atomic E-state index is -0.240. The zero-order valence-electron chi connectivity index (χ0n) is 12.3. The quantitative estimate of drug-likeness (QED) is 0.842. The highest BCUT2D eigenvalue weighted by Gasteiger charge is 2.35. The van der Waals surface area contributed by atoms with Crippen LogP contribution in [0.25, 0.3) is 11.3 Å². The molecule has 21 heavy (non-hydrogen) atoms. The molecule has 4 heteroatoms. The normalized spacial score (nSPS) is 26.0. The fraction of sp³-hybridized carbons (Fsp3) is 0.471. The summed E-state index contributed by atoms with van der Waals surface area (Å²) in [5.74, 6) is 0.838. The first kappa shape index (κ1) is 15.0. The van der Waals surface area contributed by atoms with Crippen molar-refractivity contribution in [3.05, 3.63) is 39.7 Å². The standard InChI is InChI=1S/C17H21ClN2S/c1-2-12-7-9-17(19,10-8-12)16-20-15(11-21-16)13-5-3-4-6-14(13)18/h3-6,11-12H,2,7-10,19H2,1H3. The van der Waals surface area contributed by atoms with Crippen LogP contribution in [0, 0.1) is 5.92 Å². The third-order valence-corrected chi connectivity index (χ3v) is 6.05. The average molecular weight is 321 g/mol. The number of rotatable bonds is 3. The van der Waals surface area contributed by atoms with Crippen molar-refractivity contribution >= 4 is 22.9 Å². The summed E-state index contributed by atoms with van der Waals surface area (Å²) in [4.78, 5) is 4.80. The fourth-order valence-electron chi connectivity index (χ4n) is 3.11. The summed E-state index contributed by atoms with van der Waals surface area (Å²) < 4.78 is 0. The van der Waals surface area contributed by atoms with Crippen molar-refractivity contribution in [1.82, 2.24) is 4.98 Å². The van der Waals surface area contributed by atoms with Gasteiger partial charge in [0.25, 0.3) is 0 Å². The number of hydrogen-bond acceptors (Lipinski definition) is 3. The largest absolute Gasteiger partial charge is 0.319 e. The van der Waals surface area contributed by atoms with E-state index in [4.69, 9.17) is 22.3 Å². The molecule has 0 amide bonds. The molecule has 0 unspecified atom stereocenters. The summed E-state index contributed by atoms with van der Waals surface area (Å²) >= 11 is 7.93. The van der Waals surface area contributed by atoms with E-state index in [9.17, 15) is 0 Å². The molecule has 2 aromatic rings. The van der Waals surface area contributed by atoms with Crippen molar-refractivity contribution in [2.24, 2.45) is 11.7 Å². The Labute approximate surface area is 135 Å². The van der Waals surface area contributed by atoms with Crippen molar-refractivity contribution in [3.8, 4) is 11.3 Å². The van der Waals surface area contributed by atoms with Gasteiger partial charge in [0.2, 0.25) is 0 Å². The van der Waals surface area contributed by atoms with Crippen LogP contribution in [0.1, 0.15) is 44.0 Å². The van der Waals surface area contributed by atoms with Gasteiger partial charge in [-0.05, 0) is 37.7 Å². The topological polar surface area (TPSA) is 38.9 Å². The molecule has 2 N–H and O–H groups in total. The van der Waals surface area contributed by atoms with Gasteiger partial charge >= 0.3 is 0 Å². The first-order chi connectivity index (χ1) is 10.1. The van der Waals surface area contributed by atoms with E-state index < -0.39 is 0 Å². The number of nitrogens with two attached hydrogens (primary N) is 1. The summed E-state index contributed by atoms with van der Waals surface area (Å²) in [5.41, 5.74) is 8.34. The van der Waals surface area contributed by atoms with E-state index >= 15 is 0 Å². The number of thiazole rings is 1. The Morgan fingerprint density at radius 3 is 2.71 bits per heavy atom. The monoisotopic (exact) mass is 320 g/mol. The van der Waals surface area contributed by atoms with Gasteiger partial charge in [-0.1, -0.05) is 43.1 Å². The molecule has 2 nitrogen and oxygen atoms in total. The van der Waals surface area contributed by atoms with Crippen LogP contribution in [0.2, 0.25) is 5.02 Å². The third kappa shape index (κ3) is 3.01. The second-order valence-electron chi connectivity index (χ2n) is 6.03. The first-order valence-electron chi connectivity index (χ1n) is 7.62. The van der Waals surface area contributed by atoms with E-state index in [1.807, 2.05) is 24.3 Å². The van der Waals surface area contributed by atoms with Crippen LogP contribution in [0.3, 0.4) is 0 Å². The maximum Gasteiger partial charge on any atom is 0.113 e. The predicted octanol–water partition coefficient (Wildman–Crippen LogP) is 5.22. The van der Waals surface area contributed by atoms with Crippen LogP contribution in [-0.4, -0.2) is 4.98 Å². The Hall–Kier alpha value is -0.900. The molecule has 1 heterocycles. The molecule has 1 aromatic heterocycles. The maximum atomic E-state index is 6.64. The summed E-state index contributed by atoms with van der Waals surface area (Å²) in [6.45, 7) is 2.27. The highest BCUT2D eigenvalue weighted by molar-refractivity contribution is 7.10. The SMILES string of the molecule is CCC1CCC(N)(c2nc(-c3ccccc3Cl)cs2)CC1. The van der Waals surface area contributed by atoms with E-state index in [2.05, 4.69) is 12.3 Å². The van der Waals surface area contributed by atoms with Gasteiger partial charge in [-0.25, -0.2) is 4.98 Å². The molecule has 1 aromatic carbocycles. The molecule has 112 valence electrons. The lowest BCUT2D eigenvalue weighted by atomic mass is 9.76. The second kappa shape index (κ2) is 6.07. The zero-order valence-corrected chi connectivity index (χ0v) is 13.9. The molecule has 1 fully saturated rings. The van der Waals surface area contributed by atoms with Crippen LogP contribution >= 0.6 is 22.9 Å². The third-order valence-electron chi connectivity index (χ3n) is 4.65. The van der Waals surface area contributed by atoms with Crippen LogP contribution in [-0.2, 0) is 5.54 Å². The molecule has 0 spiro atoms. The van der Waals surface area contributed by atoms with Crippen molar-refractivity contribution in [2.45, 2.75) is 44.6 Å². The molecule has 0 radical (unpaired) electrons. The molecule has 0 saturated heterocycles.